The van der Waals surface area contributed by atoms with Crippen LogP contribution in [0.1, 0.15) is 23.1 Å². The third-order valence-corrected chi connectivity index (χ3v) is 6.30. The number of benzene rings is 3. The zero-order valence-corrected chi connectivity index (χ0v) is 16.4. The third-order valence-electron chi connectivity index (χ3n) is 6.30. The number of fused-ring (bicyclic) bond motifs is 1. The first kappa shape index (κ1) is 18.1. The molecule has 0 aliphatic carbocycles. The second-order valence-electron chi connectivity index (χ2n) is 8.31. The van der Waals surface area contributed by atoms with E-state index in [0.717, 1.165) is 32.5 Å². The van der Waals surface area contributed by atoms with Crippen molar-refractivity contribution in [3.05, 3.63) is 108 Å². The lowest BCUT2D eigenvalue weighted by Crippen LogP contribution is -2.33. The third kappa shape index (κ3) is 3.70. The highest BCUT2D eigenvalue weighted by Crippen LogP contribution is 2.39. The van der Waals surface area contributed by atoms with Gasteiger partial charge in [0.05, 0.1) is 0 Å². The van der Waals surface area contributed by atoms with Crippen molar-refractivity contribution < 1.29 is 4.39 Å². The Morgan fingerprint density at radius 3 is 2.55 bits per heavy atom. The molecule has 2 heterocycles. The summed E-state index contributed by atoms with van der Waals surface area (Å²) in [7, 11) is 0. The Morgan fingerprint density at radius 1 is 0.897 bits per heavy atom. The second kappa shape index (κ2) is 7.49. The van der Waals surface area contributed by atoms with E-state index in [9.17, 15) is 4.39 Å². The van der Waals surface area contributed by atoms with Gasteiger partial charge in [-0.25, -0.2) is 4.39 Å². The van der Waals surface area contributed by atoms with E-state index < -0.39 is 0 Å². The molecule has 2 nitrogen and oxygen atoms in total. The normalized spacial score (nSPS) is 19.8. The van der Waals surface area contributed by atoms with Crippen LogP contribution in [-0.4, -0.2) is 23.0 Å². The van der Waals surface area contributed by atoms with Crippen molar-refractivity contribution in [2.75, 3.05) is 13.1 Å². The highest BCUT2D eigenvalue weighted by atomic mass is 19.1. The molecular weight excluding hydrogens is 359 g/mol. The maximum atomic E-state index is 13.5. The minimum absolute atomic E-state index is 0.0398. The lowest BCUT2D eigenvalue weighted by Gasteiger charge is -2.31. The first-order valence-corrected chi connectivity index (χ1v) is 10.3. The number of rotatable bonds is 5. The predicted octanol–water partition coefficient (Wildman–Crippen LogP) is 5.69. The topological polar surface area (TPSA) is 19.0 Å². The van der Waals surface area contributed by atoms with Crippen LogP contribution in [0, 0.1) is 5.82 Å². The standard InChI is InChI=1S/C26H25FN2/c27-24-9-6-20(7-10-24)17-26(23-8-11-25-22(16-23)12-14-28-25)13-15-29(19-26)18-21-4-2-1-3-5-21/h1-12,14,16,28H,13,15,17-19H2. The minimum Gasteiger partial charge on any atom is -0.361 e. The molecule has 1 aliphatic rings. The van der Waals surface area contributed by atoms with Crippen LogP contribution in [-0.2, 0) is 18.4 Å². The molecule has 3 heteroatoms. The van der Waals surface area contributed by atoms with E-state index in [2.05, 4.69) is 64.5 Å². The van der Waals surface area contributed by atoms with E-state index in [1.54, 1.807) is 12.1 Å². The summed E-state index contributed by atoms with van der Waals surface area (Å²) in [5.41, 5.74) is 5.14. The van der Waals surface area contributed by atoms with Crippen molar-refractivity contribution in [3.63, 3.8) is 0 Å². The molecule has 1 aromatic heterocycles. The molecule has 1 atom stereocenters. The first-order chi connectivity index (χ1) is 14.2. The molecule has 29 heavy (non-hydrogen) atoms. The molecule has 0 saturated carbocycles. The quantitative estimate of drug-likeness (QED) is 0.468. The lowest BCUT2D eigenvalue weighted by molar-refractivity contribution is 0.301. The van der Waals surface area contributed by atoms with Crippen molar-refractivity contribution in [2.45, 2.75) is 24.8 Å². The summed E-state index contributed by atoms with van der Waals surface area (Å²) in [5.74, 6) is -0.173. The van der Waals surface area contributed by atoms with Crippen LogP contribution in [0.3, 0.4) is 0 Å². The van der Waals surface area contributed by atoms with Crippen molar-refractivity contribution in [1.82, 2.24) is 9.88 Å². The van der Waals surface area contributed by atoms with Crippen molar-refractivity contribution in [1.29, 1.82) is 0 Å². The van der Waals surface area contributed by atoms with Gasteiger partial charge < -0.3 is 4.98 Å². The van der Waals surface area contributed by atoms with Gasteiger partial charge in [-0.05, 0) is 71.8 Å². The molecule has 0 spiro atoms. The maximum absolute atomic E-state index is 13.5. The molecule has 1 N–H and O–H groups in total. The van der Waals surface area contributed by atoms with Crippen LogP contribution < -0.4 is 0 Å². The average Bonchev–Trinajstić information content (AvgIpc) is 3.38. The van der Waals surface area contributed by atoms with Crippen LogP contribution >= 0.6 is 0 Å². The fourth-order valence-electron chi connectivity index (χ4n) is 4.79. The highest BCUT2D eigenvalue weighted by molar-refractivity contribution is 5.80. The monoisotopic (exact) mass is 384 g/mol. The smallest absolute Gasteiger partial charge is 0.123 e. The van der Waals surface area contributed by atoms with E-state index in [4.69, 9.17) is 0 Å². The first-order valence-electron chi connectivity index (χ1n) is 10.3. The van der Waals surface area contributed by atoms with Gasteiger partial charge >= 0.3 is 0 Å². The molecule has 0 amide bonds. The van der Waals surface area contributed by atoms with Crippen LogP contribution in [0.2, 0.25) is 0 Å². The number of aromatic nitrogens is 1. The summed E-state index contributed by atoms with van der Waals surface area (Å²) in [5, 5.41) is 1.25. The van der Waals surface area contributed by atoms with E-state index in [1.807, 2.05) is 18.3 Å². The predicted molar refractivity (Wildman–Crippen MR) is 116 cm³/mol. The zero-order chi connectivity index (χ0) is 19.7. The van der Waals surface area contributed by atoms with E-state index in [1.165, 1.54) is 27.6 Å². The largest absolute Gasteiger partial charge is 0.361 e. The molecule has 3 aromatic carbocycles. The van der Waals surface area contributed by atoms with E-state index >= 15 is 0 Å². The Bertz CT molecular complexity index is 1100. The fourth-order valence-corrected chi connectivity index (χ4v) is 4.79. The summed E-state index contributed by atoms with van der Waals surface area (Å²) in [4.78, 5) is 5.85. The molecular formula is C26H25FN2. The summed E-state index contributed by atoms with van der Waals surface area (Å²) < 4.78 is 13.5. The molecule has 5 rings (SSSR count). The van der Waals surface area contributed by atoms with Crippen molar-refractivity contribution in [2.24, 2.45) is 0 Å². The summed E-state index contributed by atoms with van der Waals surface area (Å²) >= 11 is 0. The molecule has 1 saturated heterocycles. The number of likely N-dealkylation sites (tertiary alicyclic amines) is 1. The van der Waals surface area contributed by atoms with Gasteiger partial charge in [0.25, 0.3) is 0 Å². The van der Waals surface area contributed by atoms with Gasteiger partial charge in [0.15, 0.2) is 0 Å². The Kier molecular flexibility index (Phi) is 4.69. The molecule has 0 bridgehead atoms. The van der Waals surface area contributed by atoms with Gasteiger partial charge in [-0.3, -0.25) is 4.90 Å². The molecule has 1 unspecified atom stereocenters. The summed E-state index contributed by atoms with van der Waals surface area (Å²) in [6.07, 6.45) is 4.03. The van der Waals surface area contributed by atoms with Crippen LogP contribution in [0.4, 0.5) is 4.39 Å². The Hall–Kier alpha value is -2.91. The van der Waals surface area contributed by atoms with Crippen LogP contribution in [0.15, 0.2) is 85.1 Å². The number of halogens is 1. The number of nitrogens with one attached hydrogen (secondary N) is 1. The van der Waals surface area contributed by atoms with Gasteiger partial charge in [-0.2, -0.15) is 0 Å². The molecule has 0 radical (unpaired) electrons. The van der Waals surface area contributed by atoms with Crippen LogP contribution in [0.5, 0.6) is 0 Å². The number of nitrogens with zero attached hydrogens (tertiary/aromatic N) is 1. The SMILES string of the molecule is Fc1ccc(CC2(c3ccc4[nH]ccc4c3)CCN(Cc3ccccc3)C2)cc1. The molecule has 1 aliphatic heterocycles. The molecule has 4 aromatic rings. The second-order valence-corrected chi connectivity index (χ2v) is 8.31. The van der Waals surface area contributed by atoms with E-state index in [-0.39, 0.29) is 11.2 Å². The number of hydrogen-bond donors (Lipinski definition) is 1. The number of H-pyrrole nitrogens is 1. The Morgan fingerprint density at radius 2 is 1.72 bits per heavy atom. The highest BCUT2D eigenvalue weighted by Gasteiger charge is 2.39. The van der Waals surface area contributed by atoms with Gasteiger partial charge in [0.1, 0.15) is 5.82 Å². The number of aromatic amines is 1. The fraction of sp³-hybridized carbons (Fsp3) is 0.231. The summed E-state index contributed by atoms with van der Waals surface area (Å²) in [6.45, 7) is 3.05. The van der Waals surface area contributed by atoms with Crippen molar-refractivity contribution >= 4 is 10.9 Å². The van der Waals surface area contributed by atoms with Crippen molar-refractivity contribution in [3.8, 4) is 0 Å². The zero-order valence-electron chi connectivity index (χ0n) is 16.4. The Balaban J connectivity index is 1.48. The van der Waals surface area contributed by atoms with E-state index in [0.29, 0.717) is 0 Å². The summed E-state index contributed by atoms with van der Waals surface area (Å²) in [6, 6.07) is 26.7. The molecule has 1 fully saturated rings. The van der Waals surface area contributed by atoms with Gasteiger partial charge in [-0.1, -0.05) is 48.5 Å². The molecule has 146 valence electrons. The number of hydrogen-bond acceptors (Lipinski definition) is 1. The lowest BCUT2D eigenvalue weighted by atomic mass is 9.74. The Labute approximate surface area is 171 Å². The van der Waals surface area contributed by atoms with Gasteiger partial charge in [0.2, 0.25) is 0 Å². The van der Waals surface area contributed by atoms with Gasteiger partial charge in [0, 0.05) is 30.2 Å². The average molecular weight is 384 g/mol. The maximum Gasteiger partial charge on any atom is 0.123 e. The minimum atomic E-state index is -0.173. The van der Waals surface area contributed by atoms with Gasteiger partial charge in [-0.15, -0.1) is 0 Å². The van der Waals surface area contributed by atoms with Crippen LogP contribution in [0.25, 0.3) is 10.9 Å².